The van der Waals surface area contributed by atoms with Gasteiger partial charge in [0.15, 0.2) is 5.16 Å². The van der Waals surface area contributed by atoms with Crippen molar-refractivity contribution in [3.8, 4) is 0 Å². The average molecular weight is 361 g/mol. The zero-order valence-corrected chi connectivity index (χ0v) is 15.3. The molecule has 0 aromatic carbocycles. The number of hydrogen-bond donors (Lipinski definition) is 1. The second-order valence-corrected chi connectivity index (χ2v) is 7.98. The molecule has 3 aromatic rings. The summed E-state index contributed by atoms with van der Waals surface area (Å²) in [5, 5.41) is 10.1. The molecule has 0 unspecified atom stereocenters. The summed E-state index contributed by atoms with van der Waals surface area (Å²) in [7, 11) is 0. The number of aromatic nitrogens is 5. The van der Waals surface area contributed by atoms with Gasteiger partial charge < -0.3 is 10.3 Å². The number of thioether (sulfide) groups is 1. The van der Waals surface area contributed by atoms with Gasteiger partial charge in [-0.3, -0.25) is 0 Å². The molecule has 0 atom stereocenters. The van der Waals surface area contributed by atoms with E-state index < -0.39 is 0 Å². The number of thiophene rings is 1. The van der Waals surface area contributed by atoms with E-state index in [1.165, 1.54) is 29.7 Å². The molecule has 4 rings (SSSR count). The molecule has 0 amide bonds. The van der Waals surface area contributed by atoms with Crippen LogP contribution in [-0.2, 0) is 25.1 Å². The molecular formula is C16H20N6S2. The molecule has 1 aliphatic rings. The van der Waals surface area contributed by atoms with Gasteiger partial charge in [-0.25, -0.2) is 9.97 Å². The zero-order chi connectivity index (χ0) is 16.5. The smallest absolute Gasteiger partial charge is 0.191 e. The molecule has 0 fully saturated rings. The highest BCUT2D eigenvalue weighted by Gasteiger charge is 2.19. The summed E-state index contributed by atoms with van der Waals surface area (Å²) < 4.78 is 2.01. The largest absolute Gasteiger partial charge is 0.383 e. The Morgan fingerprint density at radius 1 is 1.25 bits per heavy atom. The summed E-state index contributed by atoms with van der Waals surface area (Å²) in [5.41, 5.74) is 7.69. The number of nitrogens with zero attached hydrogens (tertiary/aromatic N) is 5. The number of rotatable bonds is 4. The van der Waals surface area contributed by atoms with Crippen molar-refractivity contribution in [2.75, 3.05) is 5.73 Å². The van der Waals surface area contributed by atoms with Gasteiger partial charge in [-0.2, -0.15) is 0 Å². The molecular weight excluding hydrogens is 340 g/mol. The molecule has 0 saturated heterocycles. The number of fused-ring (bicyclic) bond motifs is 3. The van der Waals surface area contributed by atoms with Crippen molar-refractivity contribution in [1.82, 2.24) is 24.7 Å². The summed E-state index contributed by atoms with van der Waals surface area (Å²) >= 11 is 3.40. The van der Waals surface area contributed by atoms with Crippen LogP contribution in [0.2, 0.25) is 0 Å². The Hall–Kier alpha value is -1.67. The molecule has 0 bridgehead atoms. The van der Waals surface area contributed by atoms with Gasteiger partial charge in [0.1, 0.15) is 22.8 Å². The lowest BCUT2D eigenvalue weighted by Gasteiger charge is -2.05. The minimum atomic E-state index is 0.631. The minimum absolute atomic E-state index is 0.631. The van der Waals surface area contributed by atoms with E-state index in [1.807, 2.05) is 4.57 Å². The Morgan fingerprint density at radius 3 is 3.00 bits per heavy atom. The highest BCUT2D eigenvalue weighted by Crippen LogP contribution is 2.37. The monoisotopic (exact) mass is 360 g/mol. The SMILES string of the molecule is CCn1cnnc1SCc1nc(N)c2c3c(sc2n1)CCCCC3. The van der Waals surface area contributed by atoms with Crippen LogP contribution in [0.1, 0.15) is 42.5 Å². The second-order valence-electron chi connectivity index (χ2n) is 5.96. The molecule has 3 heterocycles. The maximum absolute atomic E-state index is 6.29. The van der Waals surface area contributed by atoms with Crippen LogP contribution in [0.25, 0.3) is 10.2 Å². The van der Waals surface area contributed by atoms with E-state index in [0.717, 1.165) is 40.6 Å². The fraction of sp³-hybridized carbons (Fsp3) is 0.500. The first kappa shape index (κ1) is 15.8. The van der Waals surface area contributed by atoms with E-state index in [1.54, 1.807) is 29.4 Å². The van der Waals surface area contributed by atoms with E-state index in [2.05, 4.69) is 22.1 Å². The Morgan fingerprint density at radius 2 is 2.12 bits per heavy atom. The van der Waals surface area contributed by atoms with Crippen molar-refractivity contribution in [3.05, 3.63) is 22.6 Å². The average Bonchev–Trinajstić information content (AvgIpc) is 3.11. The number of aryl methyl sites for hydroxylation is 3. The van der Waals surface area contributed by atoms with Crippen molar-refractivity contribution in [3.63, 3.8) is 0 Å². The first-order valence-electron chi connectivity index (χ1n) is 8.33. The lowest BCUT2D eigenvalue weighted by atomic mass is 10.1. The summed E-state index contributed by atoms with van der Waals surface area (Å²) in [6.07, 6.45) is 7.81. The van der Waals surface area contributed by atoms with Crippen molar-refractivity contribution in [2.24, 2.45) is 0 Å². The van der Waals surface area contributed by atoms with Gasteiger partial charge in [-0.15, -0.1) is 21.5 Å². The van der Waals surface area contributed by atoms with E-state index in [-0.39, 0.29) is 0 Å². The van der Waals surface area contributed by atoms with Crippen molar-refractivity contribution in [2.45, 2.75) is 56.5 Å². The number of nitrogen functional groups attached to an aromatic ring is 1. The second kappa shape index (κ2) is 6.68. The van der Waals surface area contributed by atoms with Crippen LogP contribution in [0.4, 0.5) is 5.82 Å². The molecule has 2 N–H and O–H groups in total. The van der Waals surface area contributed by atoms with E-state index in [0.29, 0.717) is 11.6 Å². The van der Waals surface area contributed by atoms with Gasteiger partial charge in [-0.1, -0.05) is 18.2 Å². The summed E-state index contributed by atoms with van der Waals surface area (Å²) in [4.78, 5) is 11.8. The summed E-state index contributed by atoms with van der Waals surface area (Å²) in [6.45, 7) is 2.93. The Bertz CT molecular complexity index is 869. The first-order chi connectivity index (χ1) is 11.8. The van der Waals surface area contributed by atoms with Crippen LogP contribution in [-0.4, -0.2) is 24.7 Å². The van der Waals surface area contributed by atoms with Crippen LogP contribution in [0.3, 0.4) is 0 Å². The first-order valence-corrected chi connectivity index (χ1v) is 10.1. The summed E-state index contributed by atoms with van der Waals surface area (Å²) in [6, 6.07) is 0. The quantitative estimate of drug-likeness (QED) is 0.567. The molecule has 0 aliphatic heterocycles. The fourth-order valence-electron chi connectivity index (χ4n) is 3.18. The normalized spacial score (nSPS) is 14.7. The van der Waals surface area contributed by atoms with E-state index in [4.69, 9.17) is 10.7 Å². The Labute approximate surface area is 148 Å². The Kier molecular flexibility index (Phi) is 4.41. The fourth-order valence-corrected chi connectivity index (χ4v) is 5.30. The standard InChI is InChI=1S/C16H20N6S2/c1-2-22-9-18-21-16(22)23-8-12-19-14(17)13-10-6-4-3-5-7-11(10)24-15(13)20-12/h9H,2-8H2,1H3,(H2,17,19,20). The molecule has 126 valence electrons. The molecule has 6 nitrogen and oxygen atoms in total. The maximum atomic E-state index is 6.29. The summed E-state index contributed by atoms with van der Waals surface area (Å²) in [5.74, 6) is 2.06. The number of hydrogen-bond acceptors (Lipinski definition) is 7. The molecule has 1 aliphatic carbocycles. The van der Waals surface area contributed by atoms with Gasteiger partial charge in [0.25, 0.3) is 0 Å². The molecule has 0 saturated carbocycles. The topological polar surface area (TPSA) is 82.5 Å². The number of nitrogens with two attached hydrogens (primary N) is 1. The lowest BCUT2D eigenvalue weighted by Crippen LogP contribution is -2.01. The predicted molar refractivity (Wildman–Crippen MR) is 98.3 cm³/mol. The van der Waals surface area contributed by atoms with Gasteiger partial charge in [0.05, 0.1) is 11.1 Å². The van der Waals surface area contributed by atoms with Crippen LogP contribution < -0.4 is 5.73 Å². The molecule has 8 heteroatoms. The third-order valence-electron chi connectivity index (χ3n) is 4.39. The van der Waals surface area contributed by atoms with Gasteiger partial charge in [-0.05, 0) is 38.2 Å². The van der Waals surface area contributed by atoms with Gasteiger partial charge >= 0.3 is 0 Å². The molecule has 0 spiro atoms. The molecule has 3 aromatic heterocycles. The zero-order valence-electron chi connectivity index (χ0n) is 13.7. The molecule has 24 heavy (non-hydrogen) atoms. The van der Waals surface area contributed by atoms with Crippen molar-refractivity contribution in [1.29, 1.82) is 0 Å². The maximum Gasteiger partial charge on any atom is 0.191 e. The third-order valence-corrected chi connectivity index (χ3v) is 6.55. The van der Waals surface area contributed by atoms with Crippen LogP contribution >= 0.6 is 23.1 Å². The molecule has 0 radical (unpaired) electrons. The van der Waals surface area contributed by atoms with E-state index in [9.17, 15) is 0 Å². The van der Waals surface area contributed by atoms with Crippen LogP contribution in [0, 0.1) is 0 Å². The van der Waals surface area contributed by atoms with Crippen LogP contribution in [0.5, 0.6) is 0 Å². The third kappa shape index (κ3) is 2.88. The minimum Gasteiger partial charge on any atom is -0.383 e. The number of anilines is 1. The highest BCUT2D eigenvalue weighted by molar-refractivity contribution is 7.98. The van der Waals surface area contributed by atoms with E-state index >= 15 is 0 Å². The highest BCUT2D eigenvalue weighted by atomic mass is 32.2. The van der Waals surface area contributed by atoms with Crippen LogP contribution in [0.15, 0.2) is 11.5 Å². The van der Waals surface area contributed by atoms with Crippen molar-refractivity contribution < 1.29 is 0 Å². The lowest BCUT2D eigenvalue weighted by molar-refractivity contribution is 0.681. The van der Waals surface area contributed by atoms with Crippen molar-refractivity contribution >= 4 is 39.1 Å². The predicted octanol–water partition coefficient (Wildman–Crippen LogP) is 3.45. The van der Waals surface area contributed by atoms with Gasteiger partial charge in [0.2, 0.25) is 0 Å². The Balaban J connectivity index is 1.63. The van der Waals surface area contributed by atoms with Gasteiger partial charge in [0, 0.05) is 11.4 Å².